The summed E-state index contributed by atoms with van der Waals surface area (Å²) in [6, 6.07) is 8.93. The number of anilines is 2. The number of hydrogen-bond acceptors (Lipinski definition) is 2. The molecule has 0 saturated heterocycles. The van der Waals surface area contributed by atoms with Crippen molar-refractivity contribution in [3.8, 4) is 0 Å². The molecule has 0 aliphatic heterocycles. The summed E-state index contributed by atoms with van der Waals surface area (Å²) in [6.07, 6.45) is 0. The number of nitrogens with one attached hydrogen (secondary N) is 3. The van der Waals surface area contributed by atoms with Crippen LogP contribution in [0.4, 0.5) is 25.0 Å². The fourth-order valence-electron chi connectivity index (χ4n) is 1.83. The second-order valence-electron chi connectivity index (χ2n) is 4.83. The maximum Gasteiger partial charge on any atom is 0.319 e. The highest BCUT2D eigenvalue weighted by molar-refractivity contribution is 5.96. The van der Waals surface area contributed by atoms with Crippen molar-refractivity contribution >= 4 is 23.3 Å². The first-order chi connectivity index (χ1) is 10.9. The van der Waals surface area contributed by atoms with Crippen molar-refractivity contribution in [3.63, 3.8) is 0 Å². The van der Waals surface area contributed by atoms with Crippen LogP contribution in [0, 0.1) is 18.6 Å². The van der Waals surface area contributed by atoms with Gasteiger partial charge in [-0.05, 0) is 48.9 Å². The molecule has 0 aliphatic carbocycles. The average molecular weight is 319 g/mol. The summed E-state index contributed by atoms with van der Waals surface area (Å²) in [6.45, 7) is 1.29. The highest BCUT2D eigenvalue weighted by Gasteiger charge is 2.07. The lowest BCUT2D eigenvalue weighted by Gasteiger charge is -2.09. The number of hydrogen-bond donors (Lipinski definition) is 3. The van der Waals surface area contributed by atoms with Crippen LogP contribution in [0.2, 0.25) is 0 Å². The Labute approximate surface area is 131 Å². The van der Waals surface area contributed by atoms with Crippen molar-refractivity contribution in [1.29, 1.82) is 0 Å². The van der Waals surface area contributed by atoms with E-state index in [1.54, 1.807) is 6.92 Å². The summed E-state index contributed by atoms with van der Waals surface area (Å²) in [5.74, 6) is -1.34. The minimum atomic E-state index is -0.606. The van der Waals surface area contributed by atoms with Crippen LogP contribution in [0.15, 0.2) is 42.5 Å². The van der Waals surface area contributed by atoms with Gasteiger partial charge in [-0.25, -0.2) is 13.6 Å². The van der Waals surface area contributed by atoms with Gasteiger partial charge in [0.1, 0.15) is 11.6 Å². The molecule has 2 aromatic rings. The number of carbonyl (C=O) groups is 2. The smallest absolute Gasteiger partial charge is 0.319 e. The van der Waals surface area contributed by atoms with Crippen LogP contribution in [0.25, 0.3) is 0 Å². The Morgan fingerprint density at radius 2 is 1.74 bits per heavy atom. The molecule has 0 aromatic heterocycles. The van der Waals surface area contributed by atoms with Crippen LogP contribution in [0.1, 0.15) is 5.56 Å². The van der Waals surface area contributed by atoms with Gasteiger partial charge in [0.05, 0.1) is 6.54 Å². The van der Waals surface area contributed by atoms with Gasteiger partial charge in [0.2, 0.25) is 5.91 Å². The molecule has 0 fully saturated rings. The summed E-state index contributed by atoms with van der Waals surface area (Å²) in [4.78, 5) is 23.3. The third-order valence-electron chi connectivity index (χ3n) is 2.93. The van der Waals surface area contributed by atoms with Crippen LogP contribution in [0.5, 0.6) is 0 Å². The molecule has 120 valence electrons. The predicted molar refractivity (Wildman–Crippen MR) is 83.2 cm³/mol. The van der Waals surface area contributed by atoms with E-state index < -0.39 is 17.8 Å². The van der Waals surface area contributed by atoms with Crippen LogP contribution in [0.3, 0.4) is 0 Å². The number of benzene rings is 2. The van der Waals surface area contributed by atoms with Gasteiger partial charge in [0.15, 0.2) is 0 Å². The molecular weight excluding hydrogens is 304 g/mol. The Kier molecular flexibility index (Phi) is 5.24. The minimum absolute atomic E-state index is 0.289. The first kappa shape index (κ1) is 16.4. The molecule has 2 rings (SSSR count). The van der Waals surface area contributed by atoms with Crippen molar-refractivity contribution in [2.24, 2.45) is 0 Å². The van der Waals surface area contributed by atoms with Crippen LogP contribution in [-0.4, -0.2) is 18.5 Å². The topological polar surface area (TPSA) is 70.2 Å². The molecule has 0 spiro atoms. The zero-order chi connectivity index (χ0) is 16.8. The molecule has 3 amide bonds. The Bertz CT molecular complexity index is 735. The van der Waals surface area contributed by atoms with Gasteiger partial charge in [-0.3, -0.25) is 4.79 Å². The zero-order valence-corrected chi connectivity index (χ0v) is 12.3. The van der Waals surface area contributed by atoms with Gasteiger partial charge in [0.25, 0.3) is 0 Å². The average Bonchev–Trinajstić information content (AvgIpc) is 2.49. The van der Waals surface area contributed by atoms with E-state index in [2.05, 4.69) is 16.0 Å². The van der Waals surface area contributed by atoms with E-state index >= 15 is 0 Å². The number of urea groups is 1. The van der Waals surface area contributed by atoms with Gasteiger partial charge in [-0.1, -0.05) is 6.07 Å². The van der Waals surface area contributed by atoms with E-state index in [9.17, 15) is 18.4 Å². The van der Waals surface area contributed by atoms with E-state index in [-0.39, 0.29) is 12.4 Å². The van der Waals surface area contributed by atoms with Crippen LogP contribution >= 0.6 is 0 Å². The van der Waals surface area contributed by atoms with Crippen molar-refractivity contribution in [1.82, 2.24) is 5.32 Å². The molecule has 0 heterocycles. The summed E-state index contributed by atoms with van der Waals surface area (Å²) < 4.78 is 26.1. The van der Waals surface area contributed by atoms with Crippen molar-refractivity contribution < 1.29 is 18.4 Å². The third kappa shape index (κ3) is 5.06. The molecule has 0 radical (unpaired) electrons. The Morgan fingerprint density at radius 3 is 2.43 bits per heavy atom. The molecule has 0 aliphatic rings. The first-order valence-corrected chi connectivity index (χ1v) is 6.80. The van der Waals surface area contributed by atoms with Gasteiger partial charge in [-0.2, -0.15) is 0 Å². The molecule has 0 saturated carbocycles. The van der Waals surface area contributed by atoms with E-state index in [0.717, 1.165) is 0 Å². The van der Waals surface area contributed by atoms with Crippen molar-refractivity contribution in [3.05, 3.63) is 59.7 Å². The maximum absolute atomic E-state index is 13.1. The Morgan fingerprint density at radius 1 is 1.00 bits per heavy atom. The third-order valence-corrected chi connectivity index (χ3v) is 2.93. The fourth-order valence-corrected chi connectivity index (χ4v) is 1.83. The Balaban J connectivity index is 1.81. The molecule has 0 unspecified atom stereocenters. The summed E-state index contributed by atoms with van der Waals surface area (Å²) in [7, 11) is 0. The lowest BCUT2D eigenvalue weighted by Crippen LogP contribution is -2.35. The van der Waals surface area contributed by atoms with Crippen LogP contribution in [-0.2, 0) is 4.79 Å². The monoisotopic (exact) mass is 319 g/mol. The van der Waals surface area contributed by atoms with E-state index in [1.807, 2.05) is 0 Å². The molecule has 5 nitrogen and oxygen atoms in total. The van der Waals surface area contributed by atoms with Gasteiger partial charge >= 0.3 is 6.03 Å². The fraction of sp³-hybridized carbons (Fsp3) is 0.125. The second kappa shape index (κ2) is 7.35. The minimum Gasteiger partial charge on any atom is -0.329 e. The molecule has 23 heavy (non-hydrogen) atoms. The molecule has 7 heteroatoms. The largest absolute Gasteiger partial charge is 0.329 e. The van der Waals surface area contributed by atoms with Crippen molar-refractivity contribution in [2.45, 2.75) is 6.92 Å². The normalized spacial score (nSPS) is 10.0. The quantitative estimate of drug-likeness (QED) is 0.810. The van der Waals surface area contributed by atoms with Gasteiger partial charge in [0, 0.05) is 11.4 Å². The lowest BCUT2D eigenvalue weighted by atomic mass is 10.2. The lowest BCUT2D eigenvalue weighted by molar-refractivity contribution is -0.115. The first-order valence-electron chi connectivity index (χ1n) is 6.80. The highest BCUT2D eigenvalue weighted by Crippen LogP contribution is 2.13. The number of carbonyl (C=O) groups excluding carboxylic acids is 2. The number of rotatable bonds is 4. The predicted octanol–water partition coefficient (Wildman–Crippen LogP) is 3.03. The zero-order valence-electron chi connectivity index (χ0n) is 12.3. The number of aryl methyl sites for hydroxylation is 1. The molecule has 3 N–H and O–H groups in total. The maximum atomic E-state index is 13.1. The summed E-state index contributed by atoms with van der Waals surface area (Å²) in [5, 5.41) is 7.28. The van der Waals surface area contributed by atoms with E-state index in [4.69, 9.17) is 0 Å². The molecule has 0 atom stereocenters. The molecule has 0 bridgehead atoms. The van der Waals surface area contributed by atoms with Gasteiger partial charge < -0.3 is 16.0 Å². The summed E-state index contributed by atoms with van der Waals surface area (Å²) >= 11 is 0. The SMILES string of the molecule is Cc1cc(NC(=O)NCC(=O)Nc2cccc(F)c2)ccc1F. The molecule has 2 aromatic carbocycles. The summed E-state index contributed by atoms with van der Waals surface area (Å²) in [5.41, 5.74) is 1.10. The molecular formula is C16H15F2N3O2. The number of amides is 3. The van der Waals surface area contributed by atoms with Gasteiger partial charge in [-0.15, -0.1) is 0 Å². The van der Waals surface area contributed by atoms with E-state index in [1.165, 1.54) is 42.5 Å². The van der Waals surface area contributed by atoms with Crippen LogP contribution < -0.4 is 16.0 Å². The highest BCUT2D eigenvalue weighted by atomic mass is 19.1. The van der Waals surface area contributed by atoms with E-state index in [0.29, 0.717) is 16.9 Å². The Hall–Kier alpha value is -2.96. The number of halogens is 2. The van der Waals surface area contributed by atoms with Crippen molar-refractivity contribution in [2.75, 3.05) is 17.2 Å². The standard InChI is InChI=1S/C16H15F2N3O2/c1-10-7-13(5-6-14(10)18)21-16(23)19-9-15(22)20-12-4-2-3-11(17)8-12/h2-8H,9H2,1H3,(H,20,22)(H2,19,21,23). The second-order valence-corrected chi connectivity index (χ2v) is 4.83.